The molecule has 2 aromatic heterocycles. The number of amides is 1. The van der Waals surface area contributed by atoms with Crippen molar-refractivity contribution in [2.45, 2.75) is 12.7 Å². The van der Waals surface area contributed by atoms with Gasteiger partial charge in [0.1, 0.15) is 11.5 Å². The lowest BCUT2D eigenvalue weighted by Crippen LogP contribution is -2.15. The van der Waals surface area contributed by atoms with E-state index in [1.807, 2.05) is 18.2 Å². The third-order valence-corrected chi connectivity index (χ3v) is 3.53. The van der Waals surface area contributed by atoms with E-state index in [0.717, 1.165) is 17.8 Å². The number of rotatable bonds is 5. The van der Waals surface area contributed by atoms with Crippen molar-refractivity contribution < 1.29 is 18.0 Å². The van der Waals surface area contributed by atoms with Gasteiger partial charge in [-0.05, 0) is 36.4 Å². The zero-order valence-electron chi connectivity index (χ0n) is 13.9. The van der Waals surface area contributed by atoms with Gasteiger partial charge in [-0.15, -0.1) is 0 Å². The fourth-order valence-electron chi connectivity index (χ4n) is 2.16. The van der Waals surface area contributed by atoms with Crippen molar-refractivity contribution in [1.82, 2.24) is 15.0 Å². The van der Waals surface area contributed by atoms with Gasteiger partial charge in [-0.25, -0.2) is 9.97 Å². The first-order chi connectivity index (χ1) is 12.9. The molecule has 0 aliphatic rings. The molecule has 0 aliphatic heterocycles. The smallest absolute Gasteiger partial charge is 0.363 e. The Bertz CT molecular complexity index is 897. The van der Waals surface area contributed by atoms with Crippen LogP contribution in [0.2, 0.25) is 0 Å². The van der Waals surface area contributed by atoms with Crippen molar-refractivity contribution in [3.05, 3.63) is 78.0 Å². The van der Waals surface area contributed by atoms with Crippen LogP contribution in [0.3, 0.4) is 0 Å². The fraction of sp³-hybridized carbons (Fsp3) is 0.111. The van der Waals surface area contributed by atoms with Crippen LogP contribution in [0.15, 0.2) is 61.1 Å². The molecule has 0 atom stereocenters. The number of aromatic nitrogens is 3. The Balaban J connectivity index is 1.58. The maximum atomic E-state index is 12.5. The molecule has 0 saturated heterocycles. The van der Waals surface area contributed by atoms with Crippen molar-refractivity contribution in [3.8, 4) is 0 Å². The first-order valence-corrected chi connectivity index (χ1v) is 7.86. The van der Waals surface area contributed by atoms with Gasteiger partial charge in [0.2, 0.25) is 0 Å². The van der Waals surface area contributed by atoms with E-state index in [4.69, 9.17) is 0 Å². The molecule has 27 heavy (non-hydrogen) atoms. The molecule has 0 fully saturated rings. The number of hydrogen-bond donors (Lipinski definition) is 2. The van der Waals surface area contributed by atoms with Crippen LogP contribution in [0, 0.1) is 0 Å². The van der Waals surface area contributed by atoms with Crippen LogP contribution in [0.1, 0.15) is 21.7 Å². The number of carbonyl (C=O) groups excluding carboxylic acids is 1. The Hall–Kier alpha value is -3.49. The molecule has 1 aromatic carbocycles. The van der Waals surface area contributed by atoms with Gasteiger partial charge in [0, 0.05) is 11.9 Å². The molecule has 2 N–H and O–H groups in total. The van der Waals surface area contributed by atoms with Crippen LogP contribution in [0.5, 0.6) is 0 Å². The Morgan fingerprint density at radius 1 is 0.963 bits per heavy atom. The normalized spacial score (nSPS) is 11.1. The van der Waals surface area contributed by atoms with Crippen LogP contribution in [0.4, 0.5) is 24.7 Å². The van der Waals surface area contributed by atoms with Crippen LogP contribution < -0.4 is 10.6 Å². The first kappa shape index (κ1) is 18.3. The highest BCUT2D eigenvalue weighted by Gasteiger charge is 2.30. The van der Waals surface area contributed by atoms with Gasteiger partial charge in [-0.2, -0.15) is 13.2 Å². The Morgan fingerprint density at radius 2 is 1.74 bits per heavy atom. The first-order valence-electron chi connectivity index (χ1n) is 7.86. The summed E-state index contributed by atoms with van der Waals surface area (Å²) in [5.74, 6) is -0.106. The molecular weight excluding hydrogens is 359 g/mol. The maximum Gasteiger partial charge on any atom is 0.416 e. The highest BCUT2D eigenvalue weighted by molar-refractivity contribution is 6.02. The third-order valence-electron chi connectivity index (χ3n) is 3.53. The number of anilines is 2. The van der Waals surface area contributed by atoms with Crippen molar-refractivity contribution in [2.24, 2.45) is 0 Å². The van der Waals surface area contributed by atoms with E-state index < -0.39 is 17.6 Å². The number of carbonyl (C=O) groups is 1. The molecule has 6 nitrogen and oxygen atoms in total. The number of halogens is 3. The topological polar surface area (TPSA) is 79.8 Å². The highest BCUT2D eigenvalue weighted by Crippen LogP contribution is 2.29. The molecule has 9 heteroatoms. The lowest BCUT2D eigenvalue weighted by Gasteiger charge is -2.09. The van der Waals surface area contributed by atoms with Crippen molar-refractivity contribution >= 4 is 17.4 Å². The molecule has 3 rings (SSSR count). The molecule has 3 aromatic rings. The van der Waals surface area contributed by atoms with E-state index in [2.05, 4.69) is 25.6 Å². The lowest BCUT2D eigenvalue weighted by molar-refractivity contribution is -0.137. The van der Waals surface area contributed by atoms with E-state index >= 15 is 0 Å². The van der Waals surface area contributed by atoms with Crippen molar-refractivity contribution in [1.29, 1.82) is 0 Å². The van der Waals surface area contributed by atoms with Crippen LogP contribution >= 0.6 is 0 Å². The van der Waals surface area contributed by atoms with Crippen molar-refractivity contribution in [3.63, 3.8) is 0 Å². The molecule has 0 radical (unpaired) electrons. The summed E-state index contributed by atoms with van der Waals surface area (Å²) in [7, 11) is 0. The Morgan fingerprint density at radius 3 is 2.33 bits per heavy atom. The van der Waals surface area contributed by atoms with Gasteiger partial charge >= 0.3 is 6.18 Å². The lowest BCUT2D eigenvalue weighted by atomic mass is 10.2. The number of alkyl halides is 3. The fourth-order valence-corrected chi connectivity index (χ4v) is 2.16. The minimum absolute atomic E-state index is 0.0401. The molecule has 1 amide bonds. The zero-order valence-corrected chi connectivity index (χ0v) is 13.9. The molecule has 0 aliphatic carbocycles. The number of nitrogens with zero attached hydrogens (tertiary/aromatic N) is 3. The number of nitrogens with one attached hydrogen (secondary N) is 2. The van der Waals surface area contributed by atoms with E-state index in [0.29, 0.717) is 12.4 Å². The van der Waals surface area contributed by atoms with Gasteiger partial charge in [-0.3, -0.25) is 9.78 Å². The molecule has 138 valence electrons. The van der Waals surface area contributed by atoms with Gasteiger partial charge in [0.05, 0.1) is 30.2 Å². The number of benzene rings is 1. The highest BCUT2D eigenvalue weighted by atomic mass is 19.4. The average molecular weight is 373 g/mol. The summed E-state index contributed by atoms with van der Waals surface area (Å²) in [4.78, 5) is 24.4. The number of hydrogen-bond acceptors (Lipinski definition) is 5. The molecular formula is C18H14F3N5O. The van der Waals surface area contributed by atoms with Crippen LogP contribution in [-0.2, 0) is 12.7 Å². The average Bonchev–Trinajstić information content (AvgIpc) is 2.67. The van der Waals surface area contributed by atoms with Crippen molar-refractivity contribution in [2.75, 3.05) is 10.6 Å². The predicted molar refractivity (Wildman–Crippen MR) is 93.0 cm³/mol. The monoisotopic (exact) mass is 373 g/mol. The molecule has 0 bridgehead atoms. The van der Waals surface area contributed by atoms with Gasteiger partial charge in [-0.1, -0.05) is 6.07 Å². The van der Waals surface area contributed by atoms with Crippen LogP contribution in [-0.4, -0.2) is 20.9 Å². The SMILES string of the molecule is O=C(Nc1ccc(C(F)(F)F)cc1)c1cnc(NCc2ccccn2)cn1. The third kappa shape index (κ3) is 5.00. The van der Waals surface area contributed by atoms with E-state index in [1.165, 1.54) is 24.5 Å². The van der Waals surface area contributed by atoms with E-state index in [-0.39, 0.29) is 11.4 Å². The Labute approximate surface area is 152 Å². The van der Waals surface area contributed by atoms with E-state index in [1.54, 1.807) is 6.20 Å². The quantitative estimate of drug-likeness (QED) is 0.712. The minimum atomic E-state index is -4.42. The van der Waals surface area contributed by atoms with Gasteiger partial charge in [0.25, 0.3) is 5.91 Å². The minimum Gasteiger partial charge on any atom is -0.363 e. The maximum absolute atomic E-state index is 12.5. The van der Waals surface area contributed by atoms with Gasteiger partial charge in [0.15, 0.2) is 0 Å². The summed E-state index contributed by atoms with van der Waals surface area (Å²) >= 11 is 0. The molecule has 2 heterocycles. The summed E-state index contributed by atoms with van der Waals surface area (Å²) in [5.41, 5.74) is 0.303. The zero-order chi connectivity index (χ0) is 19.3. The van der Waals surface area contributed by atoms with Crippen LogP contribution in [0.25, 0.3) is 0 Å². The summed E-state index contributed by atoms with van der Waals surface area (Å²) in [6, 6.07) is 9.68. The van der Waals surface area contributed by atoms with E-state index in [9.17, 15) is 18.0 Å². The summed E-state index contributed by atoms with van der Waals surface area (Å²) in [6.07, 6.45) is -0.0751. The number of pyridine rings is 1. The predicted octanol–water partition coefficient (Wildman–Crippen LogP) is 3.75. The second-order valence-electron chi connectivity index (χ2n) is 5.49. The summed E-state index contributed by atoms with van der Waals surface area (Å²) < 4.78 is 37.6. The molecule has 0 saturated carbocycles. The Kier molecular flexibility index (Phi) is 5.30. The largest absolute Gasteiger partial charge is 0.416 e. The molecule has 0 unspecified atom stereocenters. The summed E-state index contributed by atoms with van der Waals surface area (Å²) in [6.45, 7) is 0.451. The van der Waals surface area contributed by atoms with Gasteiger partial charge < -0.3 is 10.6 Å². The standard InChI is InChI=1S/C18H14F3N5O/c19-18(20,21)12-4-6-13(7-5-12)26-17(27)15-10-25-16(11-23-15)24-9-14-3-1-2-8-22-14/h1-8,10-11H,9H2,(H,24,25)(H,26,27). The summed E-state index contributed by atoms with van der Waals surface area (Å²) in [5, 5.41) is 5.50. The second kappa shape index (κ2) is 7.81. The second-order valence-corrected chi connectivity index (χ2v) is 5.49. The molecule has 0 spiro atoms.